The van der Waals surface area contributed by atoms with Crippen molar-refractivity contribution in [1.29, 1.82) is 0 Å². The summed E-state index contributed by atoms with van der Waals surface area (Å²) in [6.07, 6.45) is 4.45. The van der Waals surface area contributed by atoms with E-state index in [0.29, 0.717) is 52.5 Å². The van der Waals surface area contributed by atoms with Crippen LogP contribution in [0.15, 0.2) is 67.8 Å². The molecule has 2 aromatic carbocycles. The maximum absolute atomic E-state index is 14.6. The van der Waals surface area contributed by atoms with Crippen LogP contribution in [0.25, 0.3) is 22.1 Å². The third-order valence-electron chi connectivity index (χ3n) is 7.54. The van der Waals surface area contributed by atoms with Gasteiger partial charge in [-0.1, -0.05) is 6.58 Å². The average Bonchev–Trinajstić information content (AvgIpc) is 3.34. The minimum absolute atomic E-state index is 0.00689. The van der Waals surface area contributed by atoms with Gasteiger partial charge in [0.2, 0.25) is 5.91 Å². The van der Waals surface area contributed by atoms with Gasteiger partial charge in [-0.05, 0) is 62.7 Å². The van der Waals surface area contributed by atoms with Crippen molar-refractivity contribution < 1.29 is 13.9 Å². The molecule has 1 fully saturated rings. The van der Waals surface area contributed by atoms with Gasteiger partial charge in [0.25, 0.3) is 0 Å². The lowest BCUT2D eigenvalue weighted by Crippen LogP contribution is -2.58. The van der Waals surface area contributed by atoms with Crippen molar-refractivity contribution in [3.8, 4) is 11.5 Å². The summed E-state index contributed by atoms with van der Waals surface area (Å²) in [5.41, 5.74) is 3.95. The number of rotatable bonds is 6. The molecule has 1 aliphatic rings. The second-order valence-electron chi connectivity index (χ2n) is 10.6. The number of hydrogen-bond donors (Lipinski definition) is 1. The number of imidazole rings is 1. The molecule has 42 heavy (non-hydrogen) atoms. The molecule has 5 aromatic rings. The number of carbonyl (C=O) groups is 1. The van der Waals surface area contributed by atoms with Crippen LogP contribution in [-0.4, -0.2) is 60.5 Å². The van der Waals surface area contributed by atoms with Crippen LogP contribution in [0, 0.1) is 12.7 Å². The predicted octanol–water partition coefficient (Wildman–Crippen LogP) is 5.51. The smallest absolute Gasteiger partial charge is 0.246 e. The van der Waals surface area contributed by atoms with E-state index in [1.54, 1.807) is 24.0 Å². The number of halogens is 1. The van der Waals surface area contributed by atoms with Gasteiger partial charge in [-0.3, -0.25) is 4.79 Å². The van der Waals surface area contributed by atoms with Crippen molar-refractivity contribution in [2.24, 2.45) is 7.05 Å². The van der Waals surface area contributed by atoms with E-state index in [9.17, 15) is 9.18 Å². The standard InChI is InChI=1S/C31H31FN8O2/c1-6-28(41)40-19(3)14-39(15-20(40)4)27-10-8-24-29(37-27)31(34-16-33-24)36-21-7-9-26(18(2)11-21)42-22-12-23(32)30-25(13-22)35-17-38(30)5/h6-13,16-17,19-20H,1,14-15H2,2-5H3,(H,33,34,36)/t19-,20+. The van der Waals surface area contributed by atoms with E-state index in [1.807, 2.05) is 56.0 Å². The molecule has 10 nitrogen and oxygen atoms in total. The van der Waals surface area contributed by atoms with Crippen molar-refractivity contribution >= 4 is 45.3 Å². The Hall–Kier alpha value is -5.06. The molecule has 2 atom stereocenters. The molecule has 0 bridgehead atoms. The average molecular weight is 567 g/mol. The Balaban J connectivity index is 1.23. The van der Waals surface area contributed by atoms with Crippen LogP contribution < -0.4 is 15.0 Å². The molecule has 0 spiro atoms. The summed E-state index contributed by atoms with van der Waals surface area (Å²) in [5.74, 6) is 1.88. The second kappa shape index (κ2) is 10.7. The van der Waals surface area contributed by atoms with E-state index in [1.165, 1.54) is 18.5 Å². The minimum atomic E-state index is -0.392. The Morgan fingerprint density at radius 2 is 1.86 bits per heavy atom. The van der Waals surface area contributed by atoms with Crippen LogP contribution in [0.5, 0.6) is 11.5 Å². The van der Waals surface area contributed by atoms with E-state index >= 15 is 0 Å². The number of pyridine rings is 1. The summed E-state index contributed by atoms with van der Waals surface area (Å²) in [6.45, 7) is 10.9. The highest BCUT2D eigenvalue weighted by molar-refractivity contribution is 5.89. The molecular weight excluding hydrogens is 535 g/mol. The van der Waals surface area contributed by atoms with E-state index in [-0.39, 0.29) is 18.0 Å². The normalized spacial score (nSPS) is 17.1. The predicted molar refractivity (Wildman–Crippen MR) is 161 cm³/mol. The van der Waals surface area contributed by atoms with Gasteiger partial charge < -0.3 is 24.4 Å². The number of aromatic nitrogens is 5. The van der Waals surface area contributed by atoms with E-state index in [2.05, 4.69) is 31.7 Å². The first-order chi connectivity index (χ1) is 20.2. The lowest BCUT2D eigenvalue weighted by molar-refractivity contribution is -0.130. The summed E-state index contributed by atoms with van der Waals surface area (Å²) in [5, 5.41) is 3.37. The number of piperazine rings is 1. The van der Waals surface area contributed by atoms with Gasteiger partial charge in [-0.25, -0.2) is 24.3 Å². The van der Waals surface area contributed by atoms with Crippen molar-refractivity contribution in [2.75, 3.05) is 23.3 Å². The Labute approximate surface area is 242 Å². The summed E-state index contributed by atoms with van der Waals surface area (Å²) in [7, 11) is 1.75. The summed E-state index contributed by atoms with van der Waals surface area (Å²) >= 11 is 0. The quantitative estimate of drug-likeness (QED) is 0.269. The number of benzene rings is 2. The van der Waals surface area contributed by atoms with Gasteiger partial charge in [0.05, 0.1) is 17.4 Å². The zero-order valence-corrected chi connectivity index (χ0v) is 23.9. The van der Waals surface area contributed by atoms with Gasteiger partial charge in [-0.2, -0.15) is 0 Å². The SMILES string of the molecule is C=CC(=O)N1[C@H](C)CN(c2ccc3ncnc(Nc4ccc(Oc5cc(F)c6c(c5)ncn6C)c(C)c4)c3n2)C[C@@H]1C. The zero-order chi connectivity index (χ0) is 29.5. The number of ether oxygens (including phenoxy) is 1. The Bertz CT molecular complexity index is 1830. The van der Waals surface area contributed by atoms with E-state index < -0.39 is 5.82 Å². The molecular formula is C31H31FN8O2. The minimum Gasteiger partial charge on any atom is -0.457 e. The molecule has 0 unspecified atom stereocenters. The molecule has 1 N–H and O–H groups in total. The Kier molecular flexibility index (Phi) is 6.93. The highest BCUT2D eigenvalue weighted by atomic mass is 19.1. The first kappa shape index (κ1) is 27.1. The van der Waals surface area contributed by atoms with Gasteiger partial charge in [0.15, 0.2) is 11.6 Å². The maximum atomic E-state index is 14.6. The molecule has 214 valence electrons. The molecule has 4 heterocycles. The molecule has 1 aliphatic heterocycles. The topological polar surface area (TPSA) is 101 Å². The second-order valence-corrected chi connectivity index (χ2v) is 10.6. The fourth-order valence-corrected chi connectivity index (χ4v) is 5.63. The number of nitrogens with one attached hydrogen (secondary N) is 1. The van der Waals surface area contributed by atoms with Gasteiger partial charge in [0.1, 0.15) is 34.7 Å². The third-order valence-corrected chi connectivity index (χ3v) is 7.54. The first-order valence-corrected chi connectivity index (χ1v) is 13.7. The molecule has 0 saturated carbocycles. The van der Waals surface area contributed by atoms with E-state index in [4.69, 9.17) is 9.72 Å². The number of aryl methyl sites for hydroxylation is 2. The number of carbonyl (C=O) groups excluding carboxylic acids is 1. The lowest BCUT2D eigenvalue weighted by Gasteiger charge is -2.44. The summed E-state index contributed by atoms with van der Waals surface area (Å²) in [6, 6.07) is 12.6. The highest BCUT2D eigenvalue weighted by Gasteiger charge is 2.32. The van der Waals surface area contributed by atoms with Crippen LogP contribution >= 0.6 is 0 Å². The molecule has 0 radical (unpaired) electrons. The molecule has 3 aromatic heterocycles. The Morgan fingerprint density at radius 3 is 2.60 bits per heavy atom. The fraction of sp³-hybridized carbons (Fsp3) is 0.258. The number of hydrogen-bond acceptors (Lipinski definition) is 8. The molecule has 1 amide bonds. The van der Waals surface area contributed by atoms with Crippen molar-refractivity contribution in [3.63, 3.8) is 0 Å². The number of fused-ring (bicyclic) bond motifs is 2. The fourth-order valence-electron chi connectivity index (χ4n) is 5.63. The molecule has 1 saturated heterocycles. The first-order valence-electron chi connectivity index (χ1n) is 13.7. The maximum Gasteiger partial charge on any atom is 0.246 e. The van der Waals surface area contributed by atoms with Crippen LogP contribution in [0.2, 0.25) is 0 Å². The van der Waals surface area contributed by atoms with Gasteiger partial charge in [-0.15, -0.1) is 0 Å². The third kappa shape index (κ3) is 4.98. The Morgan fingerprint density at radius 1 is 1.07 bits per heavy atom. The van der Waals surface area contributed by atoms with Crippen LogP contribution in [0.1, 0.15) is 19.4 Å². The summed E-state index contributed by atoms with van der Waals surface area (Å²) < 4.78 is 22.3. The zero-order valence-electron chi connectivity index (χ0n) is 23.9. The van der Waals surface area contributed by atoms with E-state index in [0.717, 1.165) is 17.1 Å². The van der Waals surface area contributed by atoms with Gasteiger partial charge in [0, 0.05) is 50.0 Å². The highest BCUT2D eigenvalue weighted by Crippen LogP contribution is 2.32. The van der Waals surface area contributed by atoms with Crippen molar-refractivity contribution in [2.45, 2.75) is 32.9 Å². The molecule has 6 rings (SSSR count). The van der Waals surface area contributed by atoms with Gasteiger partial charge >= 0.3 is 0 Å². The number of nitrogens with zero attached hydrogens (tertiary/aromatic N) is 7. The van der Waals surface area contributed by atoms with Crippen LogP contribution in [0.3, 0.4) is 0 Å². The number of anilines is 3. The summed E-state index contributed by atoms with van der Waals surface area (Å²) in [4.78, 5) is 34.4. The molecule has 0 aliphatic carbocycles. The number of amides is 1. The monoisotopic (exact) mass is 566 g/mol. The largest absolute Gasteiger partial charge is 0.457 e. The molecule has 11 heteroatoms. The lowest BCUT2D eigenvalue weighted by atomic mass is 10.1. The van der Waals surface area contributed by atoms with Crippen LogP contribution in [-0.2, 0) is 11.8 Å². The van der Waals surface area contributed by atoms with Crippen molar-refractivity contribution in [3.05, 3.63) is 79.2 Å². The van der Waals surface area contributed by atoms with Crippen LogP contribution in [0.4, 0.5) is 21.7 Å². The van der Waals surface area contributed by atoms with Crippen molar-refractivity contribution in [1.82, 2.24) is 29.4 Å².